The number of halogens is 1. The smallest absolute Gasteiger partial charge is 0.262 e. The van der Waals surface area contributed by atoms with Crippen molar-refractivity contribution in [2.24, 2.45) is 0 Å². The molecule has 0 unspecified atom stereocenters. The summed E-state index contributed by atoms with van der Waals surface area (Å²) in [7, 11) is 1.60. The third kappa shape index (κ3) is 4.09. The summed E-state index contributed by atoms with van der Waals surface area (Å²) >= 11 is 3.36. The lowest BCUT2D eigenvalue weighted by Gasteiger charge is -2.12. The molecule has 6 heteroatoms. The molecule has 0 spiro atoms. The van der Waals surface area contributed by atoms with Crippen molar-refractivity contribution in [2.45, 2.75) is 6.92 Å². The van der Waals surface area contributed by atoms with E-state index in [1.807, 2.05) is 55.5 Å². The first-order valence-electron chi connectivity index (χ1n) is 7.69. The molecule has 3 rings (SSSR count). The molecule has 2 aromatic carbocycles. The lowest BCUT2D eigenvalue weighted by atomic mass is 10.1. The third-order valence-corrected chi connectivity index (χ3v) is 4.13. The molecule has 0 aliphatic heterocycles. The Hall–Kier alpha value is -2.60. The van der Waals surface area contributed by atoms with Crippen LogP contribution in [0.2, 0.25) is 0 Å². The Kier molecular flexibility index (Phi) is 5.19. The number of carbonyl (C=O) groups is 1. The molecule has 5 nitrogen and oxygen atoms in total. The van der Waals surface area contributed by atoms with Crippen LogP contribution in [0.1, 0.15) is 5.69 Å². The summed E-state index contributed by atoms with van der Waals surface area (Å²) in [6.45, 7) is 1.78. The maximum atomic E-state index is 12.1. The van der Waals surface area contributed by atoms with E-state index in [-0.39, 0.29) is 12.5 Å². The molecule has 1 heterocycles. The van der Waals surface area contributed by atoms with Gasteiger partial charge in [-0.05, 0) is 43.3 Å². The first-order chi connectivity index (χ1) is 12.1. The molecule has 0 saturated heterocycles. The number of nitrogens with one attached hydrogen (secondary N) is 1. The number of carbonyl (C=O) groups excluding carboxylic acids is 1. The van der Waals surface area contributed by atoms with Crippen LogP contribution >= 0.6 is 15.9 Å². The van der Waals surface area contributed by atoms with E-state index >= 15 is 0 Å². The minimum atomic E-state index is -0.229. The van der Waals surface area contributed by atoms with E-state index in [1.165, 1.54) is 0 Å². The number of hydrogen-bond acceptors (Lipinski definition) is 4. The third-order valence-electron chi connectivity index (χ3n) is 3.60. The van der Waals surface area contributed by atoms with Gasteiger partial charge in [-0.2, -0.15) is 0 Å². The van der Waals surface area contributed by atoms with E-state index in [4.69, 9.17) is 9.47 Å². The monoisotopic (exact) mass is 400 g/mol. The number of amides is 1. The van der Waals surface area contributed by atoms with Gasteiger partial charge < -0.3 is 14.8 Å². The fourth-order valence-corrected chi connectivity index (χ4v) is 2.73. The molecule has 0 aliphatic rings. The number of nitrogens with zero attached hydrogens (tertiary/aromatic N) is 1. The highest BCUT2D eigenvalue weighted by Gasteiger charge is 2.11. The summed E-state index contributed by atoms with van der Waals surface area (Å²) in [5.41, 5.74) is 2.22. The maximum absolute atomic E-state index is 12.1. The van der Waals surface area contributed by atoms with Gasteiger partial charge in [-0.3, -0.25) is 4.79 Å². The molecule has 0 atom stereocenters. The molecule has 128 valence electrons. The second-order valence-corrected chi connectivity index (χ2v) is 6.38. The van der Waals surface area contributed by atoms with Crippen molar-refractivity contribution in [1.29, 1.82) is 0 Å². The van der Waals surface area contributed by atoms with Gasteiger partial charge in [0.05, 0.1) is 7.11 Å². The van der Waals surface area contributed by atoms with E-state index in [1.54, 1.807) is 7.11 Å². The Balaban J connectivity index is 1.76. The second kappa shape index (κ2) is 7.53. The fourth-order valence-electron chi connectivity index (χ4n) is 2.47. The number of fused-ring (bicyclic) bond motifs is 1. The largest absolute Gasteiger partial charge is 0.494 e. The number of anilines is 1. The second-order valence-electron chi connectivity index (χ2n) is 5.46. The molecule has 0 fully saturated rings. The van der Waals surface area contributed by atoms with Crippen molar-refractivity contribution in [2.75, 3.05) is 19.0 Å². The zero-order valence-electron chi connectivity index (χ0n) is 13.9. The van der Waals surface area contributed by atoms with E-state index < -0.39 is 0 Å². The van der Waals surface area contributed by atoms with Crippen LogP contribution in [0.25, 0.3) is 10.9 Å². The number of methoxy groups -OCH3 is 1. The van der Waals surface area contributed by atoms with Gasteiger partial charge in [0.1, 0.15) is 17.0 Å². The molecule has 1 amide bonds. The molecule has 25 heavy (non-hydrogen) atoms. The predicted octanol–water partition coefficient (Wildman–Crippen LogP) is 4.33. The van der Waals surface area contributed by atoms with E-state index in [2.05, 4.69) is 26.2 Å². The van der Waals surface area contributed by atoms with Crippen LogP contribution in [-0.2, 0) is 4.79 Å². The lowest BCUT2D eigenvalue weighted by Crippen LogP contribution is -2.20. The van der Waals surface area contributed by atoms with Crippen molar-refractivity contribution < 1.29 is 14.3 Å². The van der Waals surface area contributed by atoms with Crippen LogP contribution in [0.3, 0.4) is 0 Å². The first kappa shape index (κ1) is 17.2. The molecule has 0 radical (unpaired) electrons. The Morgan fingerprint density at radius 1 is 1.16 bits per heavy atom. The quantitative estimate of drug-likeness (QED) is 0.692. The Bertz CT molecular complexity index is 910. The Morgan fingerprint density at radius 3 is 2.64 bits per heavy atom. The lowest BCUT2D eigenvalue weighted by molar-refractivity contribution is -0.118. The highest BCUT2D eigenvalue weighted by atomic mass is 79.9. The number of hydrogen-bond donors (Lipinski definition) is 1. The van der Waals surface area contributed by atoms with Crippen LogP contribution in [0, 0.1) is 6.92 Å². The highest BCUT2D eigenvalue weighted by Crippen LogP contribution is 2.31. The van der Waals surface area contributed by atoms with Crippen molar-refractivity contribution in [3.05, 3.63) is 58.7 Å². The van der Waals surface area contributed by atoms with Crippen LogP contribution < -0.4 is 14.8 Å². The SMILES string of the molecule is COc1cccc2c(OCC(=O)Nc3ccc(Br)cc3)cc(C)nc12. The molecule has 3 aromatic rings. The van der Waals surface area contributed by atoms with Gasteiger partial charge in [-0.25, -0.2) is 4.98 Å². The zero-order valence-corrected chi connectivity index (χ0v) is 15.5. The van der Waals surface area contributed by atoms with Crippen molar-refractivity contribution in [3.8, 4) is 11.5 Å². The molecule has 0 saturated carbocycles. The summed E-state index contributed by atoms with van der Waals surface area (Å²) in [5, 5.41) is 3.61. The van der Waals surface area contributed by atoms with Gasteiger partial charge in [0.15, 0.2) is 6.61 Å². The van der Waals surface area contributed by atoms with E-state index in [9.17, 15) is 4.79 Å². The summed E-state index contributed by atoms with van der Waals surface area (Å²) in [6, 6.07) is 14.8. The van der Waals surface area contributed by atoms with E-state index in [0.717, 1.165) is 15.6 Å². The van der Waals surface area contributed by atoms with Gasteiger partial charge in [0, 0.05) is 27.3 Å². The first-order valence-corrected chi connectivity index (χ1v) is 8.48. The van der Waals surface area contributed by atoms with Crippen molar-refractivity contribution in [3.63, 3.8) is 0 Å². The van der Waals surface area contributed by atoms with Gasteiger partial charge >= 0.3 is 0 Å². The topological polar surface area (TPSA) is 60.5 Å². The van der Waals surface area contributed by atoms with Crippen LogP contribution in [0.4, 0.5) is 5.69 Å². The summed E-state index contributed by atoms with van der Waals surface area (Å²) in [5.74, 6) is 1.05. The average Bonchev–Trinajstić information content (AvgIpc) is 2.61. The minimum Gasteiger partial charge on any atom is -0.494 e. The minimum absolute atomic E-state index is 0.0914. The Morgan fingerprint density at radius 2 is 1.92 bits per heavy atom. The molecular formula is C19H17BrN2O3. The fraction of sp³-hybridized carbons (Fsp3) is 0.158. The van der Waals surface area contributed by atoms with Gasteiger partial charge in [0.2, 0.25) is 0 Å². The number of para-hydroxylation sites is 1. The molecule has 1 N–H and O–H groups in total. The van der Waals surface area contributed by atoms with Crippen molar-refractivity contribution >= 4 is 38.4 Å². The predicted molar refractivity (Wildman–Crippen MR) is 101 cm³/mol. The standard InChI is InChI=1S/C19H17BrN2O3/c1-12-10-17(15-4-3-5-16(24-2)19(15)21-12)25-11-18(23)22-14-8-6-13(20)7-9-14/h3-10H,11H2,1-2H3,(H,22,23). The molecule has 0 aliphatic carbocycles. The number of aryl methyl sites for hydroxylation is 1. The average molecular weight is 401 g/mol. The molecule has 0 bridgehead atoms. The van der Waals surface area contributed by atoms with Crippen LogP contribution in [-0.4, -0.2) is 24.6 Å². The van der Waals surface area contributed by atoms with Gasteiger partial charge in [-0.1, -0.05) is 22.0 Å². The molecular weight excluding hydrogens is 384 g/mol. The highest BCUT2D eigenvalue weighted by molar-refractivity contribution is 9.10. The van der Waals surface area contributed by atoms with E-state index in [0.29, 0.717) is 22.7 Å². The molecule has 1 aromatic heterocycles. The number of pyridine rings is 1. The Labute approximate surface area is 154 Å². The number of ether oxygens (including phenoxy) is 2. The van der Waals surface area contributed by atoms with Crippen LogP contribution in [0.15, 0.2) is 53.0 Å². The van der Waals surface area contributed by atoms with Crippen molar-refractivity contribution in [1.82, 2.24) is 4.98 Å². The van der Waals surface area contributed by atoms with Gasteiger partial charge in [0.25, 0.3) is 5.91 Å². The number of rotatable bonds is 5. The number of aromatic nitrogens is 1. The number of benzene rings is 2. The summed E-state index contributed by atoms with van der Waals surface area (Å²) in [4.78, 5) is 16.6. The maximum Gasteiger partial charge on any atom is 0.262 e. The van der Waals surface area contributed by atoms with Crippen LogP contribution in [0.5, 0.6) is 11.5 Å². The summed E-state index contributed by atoms with van der Waals surface area (Å²) in [6.07, 6.45) is 0. The zero-order chi connectivity index (χ0) is 17.8. The van der Waals surface area contributed by atoms with Gasteiger partial charge in [-0.15, -0.1) is 0 Å². The normalized spacial score (nSPS) is 10.5. The summed E-state index contributed by atoms with van der Waals surface area (Å²) < 4.78 is 12.0.